The number of ether oxygens (including phenoxy) is 1. The highest BCUT2D eigenvalue weighted by Gasteiger charge is 2.51. The molecule has 0 bridgehead atoms. The van der Waals surface area contributed by atoms with Crippen molar-refractivity contribution in [1.82, 2.24) is 5.32 Å². The van der Waals surface area contributed by atoms with Gasteiger partial charge in [-0.25, -0.2) is 4.39 Å². The van der Waals surface area contributed by atoms with Gasteiger partial charge in [-0.1, -0.05) is 6.07 Å². The molecular formula is C13H16FNO3. The van der Waals surface area contributed by atoms with E-state index >= 15 is 0 Å². The fraction of sp³-hybridized carbons (Fsp3) is 0.462. The summed E-state index contributed by atoms with van der Waals surface area (Å²) in [6.45, 7) is -0.00699. The van der Waals surface area contributed by atoms with Crippen LogP contribution in [0.4, 0.5) is 4.39 Å². The predicted molar refractivity (Wildman–Crippen MR) is 64.0 cm³/mol. The number of rotatable bonds is 6. The molecule has 0 amide bonds. The Hall–Kier alpha value is -1.62. The van der Waals surface area contributed by atoms with Gasteiger partial charge >= 0.3 is 5.97 Å². The van der Waals surface area contributed by atoms with Crippen molar-refractivity contribution >= 4 is 5.97 Å². The number of hydrogen-bond acceptors (Lipinski definition) is 3. The number of hydrogen-bond donors (Lipinski definition) is 2. The molecule has 0 aromatic heterocycles. The SMILES string of the molecule is CNC(COc1cccc(F)c1)(C(=O)O)C1CC1. The normalized spacial score (nSPS) is 18.1. The molecule has 1 aromatic carbocycles. The van der Waals surface area contributed by atoms with E-state index < -0.39 is 17.3 Å². The van der Waals surface area contributed by atoms with E-state index in [2.05, 4.69) is 5.32 Å². The summed E-state index contributed by atoms with van der Waals surface area (Å²) >= 11 is 0. The summed E-state index contributed by atoms with van der Waals surface area (Å²) in [5.74, 6) is -0.904. The molecule has 18 heavy (non-hydrogen) atoms. The van der Waals surface area contributed by atoms with Crippen molar-refractivity contribution in [2.24, 2.45) is 5.92 Å². The molecule has 98 valence electrons. The number of carboxylic acids is 1. The van der Waals surface area contributed by atoms with Gasteiger partial charge in [-0.3, -0.25) is 4.79 Å². The van der Waals surface area contributed by atoms with Gasteiger partial charge in [0, 0.05) is 6.07 Å². The summed E-state index contributed by atoms with van der Waals surface area (Å²) in [4.78, 5) is 11.4. The molecule has 0 heterocycles. The zero-order valence-electron chi connectivity index (χ0n) is 10.1. The van der Waals surface area contributed by atoms with Crippen molar-refractivity contribution in [1.29, 1.82) is 0 Å². The first kappa shape index (κ1) is 12.8. The Morgan fingerprint density at radius 1 is 1.61 bits per heavy atom. The lowest BCUT2D eigenvalue weighted by Gasteiger charge is -2.28. The van der Waals surface area contributed by atoms with Crippen LogP contribution in [0.3, 0.4) is 0 Å². The fourth-order valence-corrected chi connectivity index (χ4v) is 2.07. The standard InChI is InChI=1S/C13H16FNO3/c1-15-13(12(16)17,9-5-6-9)8-18-11-4-2-3-10(14)7-11/h2-4,7,9,15H,5-6,8H2,1H3,(H,16,17). The van der Waals surface area contributed by atoms with Gasteiger partial charge in [0.1, 0.15) is 18.2 Å². The van der Waals surface area contributed by atoms with Crippen molar-refractivity contribution in [2.45, 2.75) is 18.4 Å². The lowest BCUT2D eigenvalue weighted by molar-refractivity contribution is -0.147. The molecular weight excluding hydrogens is 237 g/mol. The summed E-state index contributed by atoms with van der Waals surface area (Å²) in [5.41, 5.74) is -1.08. The van der Waals surface area contributed by atoms with Gasteiger partial charge in [0.15, 0.2) is 5.54 Å². The first-order valence-corrected chi connectivity index (χ1v) is 5.89. The summed E-state index contributed by atoms with van der Waals surface area (Å²) in [6, 6.07) is 5.70. The second-order valence-corrected chi connectivity index (χ2v) is 4.55. The first-order chi connectivity index (χ1) is 8.58. The highest BCUT2D eigenvalue weighted by Crippen LogP contribution is 2.40. The van der Waals surface area contributed by atoms with Crippen molar-refractivity contribution < 1.29 is 19.0 Å². The number of carbonyl (C=O) groups is 1. The smallest absolute Gasteiger partial charge is 0.327 e. The molecule has 1 fully saturated rings. The molecule has 1 saturated carbocycles. The molecule has 1 aromatic rings. The number of benzene rings is 1. The van der Waals surface area contributed by atoms with Crippen LogP contribution in [-0.2, 0) is 4.79 Å². The molecule has 0 spiro atoms. The van der Waals surface area contributed by atoms with Crippen LogP contribution in [0, 0.1) is 11.7 Å². The zero-order valence-corrected chi connectivity index (χ0v) is 10.1. The molecule has 1 unspecified atom stereocenters. The monoisotopic (exact) mass is 253 g/mol. The van der Waals surface area contributed by atoms with E-state index in [1.807, 2.05) is 0 Å². The highest BCUT2D eigenvalue weighted by molar-refractivity contribution is 5.80. The Labute approximate surface area is 105 Å². The molecule has 1 atom stereocenters. The summed E-state index contributed by atoms with van der Waals surface area (Å²) in [5, 5.41) is 12.2. The molecule has 4 nitrogen and oxygen atoms in total. The van der Waals surface area contributed by atoms with Crippen molar-refractivity contribution in [3.63, 3.8) is 0 Å². The van der Waals surface area contributed by atoms with E-state index in [4.69, 9.17) is 4.74 Å². The van der Waals surface area contributed by atoms with Crippen molar-refractivity contribution in [3.05, 3.63) is 30.1 Å². The van der Waals surface area contributed by atoms with Gasteiger partial charge in [-0.15, -0.1) is 0 Å². The maximum atomic E-state index is 13.0. The molecule has 2 N–H and O–H groups in total. The van der Waals surface area contributed by atoms with Gasteiger partial charge in [0.05, 0.1) is 0 Å². The number of likely N-dealkylation sites (N-methyl/N-ethyl adjacent to an activating group) is 1. The molecule has 5 heteroatoms. The summed E-state index contributed by atoms with van der Waals surface area (Å²) in [6.07, 6.45) is 1.75. The van der Waals surface area contributed by atoms with Gasteiger partial charge in [0.2, 0.25) is 0 Å². The lowest BCUT2D eigenvalue weighted by atomic mass is 9.94. The van der Waals surface area contributed by atoms with E-state index in [-0.39, 0.29) is 12.5 Å². The molecule has 2 rings (SSSR count). The molecule has 0 saturated heterocycles. The van der Waals surface area contributed by atoms with E-state index in [1.165, 1.54) is 18.2 Å². The number of nitrogens with one attached hydrogen (secondary N) is 1. The van der Waals surface area contributed by atoms with E-state index in [9.17, 15) is 14.3 Å². The summed E-state index contributed by atoms with van der Waals surface area (Å²) in [7, 11) is 1.61. The third-order valence-electron chi connectivity index (χ3n) is 3.36. The lowest BCUT2D eigenvalue weighted by Crippen LogP contribution is -2.56. The number of halogens is 1. The minimum absolute atomic E-state index is 0.00699. The largest absolute Gasteiger partial charge is 0.491 e. The van der Waals surface area contributed by atoms with Crippen LogP contribution in [0.1, 0.15) is 12.8 Å². The van der Waals surface area contributed by atoms with E-state index in [0.29, 0.717) is 5.75 Å². The van der Waals surface area contributed by atoms with E-state index in [1.54, 1.807) is 13.1 Å². The minimum Gasteiger partial charge on any atom is -0.491 e. The van der Waals surface area contributed by atoms with Crippen LogP contribution in [0.2, 0.25) is 0 Å². The van der Waals surface area contributed by atoms with Crippen LogP contribution in [0.15, 0.2) is 24.3 Å². The van der Waals surface area contributed by atoms with Crippen LogP contribution < -0.4 is 10.1 Å². The Balaban J connectivity index is 2.08. The average Bonchev–Trinajstić information content (AvgIpc) is 3.15. The number of aliphatic carboxylic acids is 1. The minimum atomic E-state index is -1.08. The van der Waals surface area contributed by atoms with Gasteiger partial charge in [0.25, 0.3) is 0 Å². The third kappa shape index (κ3) is 2.46. The van der Waals surface area contributed by atoms with Gasteiger partial charge < -0.3 is 15.2 Å². The van der Waals surface area contributed by atoms with Crippen LogP contribution in [0.25, 0.3) is 0 Å². The average molecular weight is 253 g/mol. The van der Waals surface area contributed by atoms with Crippen LogP contribution >= 0.6 is 0 Å². The van der Waals surface area contributed by atoms with Gasteiger partial charge in [-0.2, -0.15) is 0 Å². The maximum Gasteiger partial charge on any atom is 0.327 e. The number of carboxylic acid groups (broad SMARTS) is 1. The van der Waals surface area contributed by atoms with Crippen LogP contribution in [-0.4, -0.2) is 30.3 Å². The first-order valence-electron chi connectivity index (χ1n) is 5.89. The Bertz CT molecular complexity index is 448. The quantitative estimate of drug-likeness (QED) is 0.809. The zero-order chi connectivity index (χ0) is 13.2. The van der Waals surface area contributed by atoms with Crippen molar-refractivity contribution in [3.8, 4) is 5.75 Å². The van der Waals surface area contributed by atoms with Crippen LogP contribution in [0.5, 0.6) is 5.75 Å². The fourth-order valence-electron chi connectivity index (χ4n) is 2.07. The van der Waals surface area contributed by atoms with E-state index in [0.717, 1.165) is 12.8 Å². The Morgan fingerprint density at radius 3 is 2.83 bits per heavy atom. The third-order valence-corrected chi connectivity index (χ3v) is 3.36. The summed E-state index contributed by atoms with van der Waals surface area (Å²) < 4.78 is 18.4. The van der Waals surface area contributed by atoms with Gasteiger partial charge in [-0.05, 0) is 37.9 Å². The molecule has 1 aliphatic carbocycles. The second-order valence-electron chi connectivity index (χ2n) is 4.55. The predicted octanol–water partition coefficient (Wildman–Crippen LogP) is 1.66. The topological polar surface area (TPSA) is 58.6 Å². The van der Waals surface area contributed by atoms with Crippen molar-refractivity contribution in [2.75, 3.05) is 13.7 Å². The Morgan fingerprint density at radius 2 is 2.33 bits per heavy atom. The molecule has 1 aliphatic rings. The maximum absolute atomic E-state index is 13.0. The molecule has 0 radical (unpaired) electrons. The molecule has 0 aliphatic heterocycles. The second kappa shape index (κ2) is 4.94. The Kier molecular flexibility index (Phi) is 3.52. The highest BCUT2D eigenvalue weighted by atomic mass is 19.1.